The van der Waals surface area contributed by atoms with Gasteiger partial charge in [0.05, 0.1) is 11.1 Å². The summed E-state index contributed by atoms with van der Waals surface area (Å²) in [6.07, 6.45) is 3.50. The van der Waals surface area contributed by atoms with E-state index in [1.165, 1.54) is 18.2 Å². The van der Waals surface area contributed by atoms with Gasteiger partial charge >= 0.3 is 0 Å². The van der Waals surface area contributed by atoms with Crippen LogP contribution in [0.15, 0.2) is 48.5 Å². The third-order valence-electron chi connectivity index (χ3n) is 7.85. The number of benzene rings is 3. The number of amides is 1. The Morgan fingerprint density at radius 1 is 1.10 bits per heavy atom. The smallest absolute Gasteiger partial charge is 0.249 e. The van der Waals surface area contributed by atoms with Crippen molar-refractivity contribution in [2.24, 2.45) is 5.73 Å². The highest BCUT2D eigenvalue weighted by atomic mass is 35.5. The third kappa shape index (κ3) is 5.73. The minimum absolute atomic E-state index is 0.0644. The lowest BCUT2D eigenvalue weighted by atomic mass is 9.84. The third-order valence-corrected chi connectivity index (χ3v) is 8.21. The van der Waals surface area contributed by atoms with Crippen LogP contribution < -0.4 is 15.8 Å². The Kier molecular flexibility index (Phi) is 9.49. The van der Waals surface area contributed by atoms with E-state index in [9.17, 15) is 9.90 Å². The van der Waals surface area contributed by atoms with Crippen LogP contribution in [0, 0.1) is 11.6 Å². The lowest BCUT2D eigenvalue weighted by Gasteiger charge is -2.34. The van der Waals surface area contributed by atoms with E-state index in [1.54, 1.807) is 6.92 Å². The molecule has 0 radical (unpaired) electrons. The molecular weight excluding hydrogens is 534 g/mol. The summed E-state index contributed by atoms with van der Waals surface area (Å²) in [6, 6.07) is 14.0. The quantitative estimate of drug-likeness (QED) is 0.295. The molecule has 5 nitrogen and oxygen atoms in total. The summed E-state index contributed by atoms with van der Waals surface area (Å²) in [4.78, 5) is 12.4. The molecule has 0 bridgehead atoms. The molecule has 1 aliphatic heterocycles. The highest BCUT2D eigenvalue weighted by Crippen LogP contribution is 2.50. The first-order chi connectivity index (χ1) is 19.2. The summed E-state index contributed by atoms with van der Waals surface area (Å²) < 4.78 is 37.6. The van der Waals surface area contributed by atoms with Crippen LogP contribution in [0.4, 0.5) is 8.78 Å². The number of hydrogen-bond donors (Lipinski definition) is 3. The first kappa shape index (κ1) is 30.0. The van der Waals surface area contributed by atoms with Crippen molar-refractivity contribution in [3.63, 3.8) is 0 Å². The van der Waals surface area contributed by atoms with Gasteiger partial charge in [-0.05, 0) is 49.3 Å². The fourth-order valence-electron chi connectivity index (χ4n) is 5.73. The fourth-order valence-corrected chi connectivity index (χ4v) is 6.00. The topological polar surface area (TPSA) is 84.6 Å². The second-order valence-corrected chi connectivity index (χ2v) is 10.6. The van der Waals surface area contributed by atoms with E-state index in [1.807, 2.05) is 44.2 Å². The van der Waals surface area contributed by atoms with Gasteiger partial charge in [0.25, 0.3) is 0 Å². The van der Waals surface area contributed by atoms with Crippen molar-refractivity contribution in [2.75, 3.05) is 6.54 Å². The number of carbonyl (C=O) groups is 1. The number of ether oxygens (including phenoxy) is 1. The fraction of sp³-hybridized carbons (Fsp3) is 0.406. The number of aliphatic hydroxyl groups is 1. The predicted molar refractivity (Wildman–Crippen MR) is 155 cm³/mol. The van der Waals surface area contributed by atoms with Crippen molar-refractivity contribution in [2.45, 2.75) is 77.0 Å². The van der Waals surface area contributed by atoms with Gasteiger partial charge < -0.3 is 20.9 Å². The van der Waals surface area contributed by atoms with E-state index in [2.05, 4.69) is 5.32 Å². The number of nitrogens with one attached hydrogen (secondary N) is 1. The van der Waals surface area contributed by atoms with Crippen LogP contribution in [0.25, 0.3) is 11.1 Å². The number of nitrogens with two attached hydrogens (primary N) is 1. The Bertz CT molecular complexity index is 1360. The van der Waals surface area contributed by atoms with Crippen molar-refractivity contribution in [3.8, 4) is 16.9 Å². The molecule has 3 aromatic carbocycles. The minimum Gasteiger partial charge on any atom is -0.480 e. The second-order valence-electron chi connectivity index (χ2n) is 10.2. The van der Waals surface area contributed by atoms with Crippen LogP contribution >= 0.6 is 11.6 Å². The van der Waals surface area contributed by atoms with Gasteiger partial charge in [0, 0.05) is 47.3 Å². The Morgan fingerprint density at radius 2 is 1.77 bits per heavy atom. The van der Waals surface area contributed by atoms with Gasteiger partial charge in [-0.25, -0.2) is 8.78 Å². The molecule has 2 aliphatic rings. The summed E-state index contributed by atoms with van der Waals surface area (Å²) in [7, 11) is 0. The average molecular weight is 571 g/mol. The van der Waals surface area contributed by atoms with Crippen molar-refractivity contribution < 1.29 is 23.4 Å². The van der Waals surface area contributed by atoms with Crippen molar-refractivity contribution in [3.05, 3.63) is 87.4 Å². The van der Waals surface area contributed by atoms with E-state index in [0.717, 1.165) is 31.2 Å². The van der Waals surface area contributed by atoms with Gasteiger partial charge in [-0.3, -0.25) is 4.79 Å². The molecule has 8 heteroatoms. The summed E-state index contributed by atoms with van der Waals surface area (Å²) >= 11 is 6.52. The number of fused-ring (bicyclic) bond motifs is 1. The van der Waals surface area contributed by atoms with Crippen LogP contribution in [0.1, 0.15) is 73.5 Å². The number of halogens is 3. The Morgan fingerprint density at radius 3 is 2.40 bits per heavy atom. The first-order valence-corrected chi connectivity index (χ1v) is 14.4. The highest BCUT2D eigenvalue weighted by molar-refractivity contribution is 6.34. The van der Waals surface area contributed by atoms with Crippen molar-refractivity contribution in [1.82, 2.24) is 5.32 Å². The highest BCUT2D eigenvalue weighted by Gasteiger charge is 2.44. The zero-order chi connectivity index (χ0) is 29.0. The van der Waals surface area contributed by atoms with Crippen LogP contribution in [0.3, 0.4) is 0 Å². The largest absolute Gasteiger partial charge is 0.480 e. The molecule has 4 N–H and O–H groups in total. The van der Waals surface area contributed by atoms with Gasteiger partial charge in [0.2, 0.25) is 5.91 Å². The summed E-state index contributed by atoms with van der Waals surface area (Å²) in [5, 5.41) is 13.2. The molecule has 0 spiro atoms. The van der Waals surface area contributed by atoms with E-state index in [0.29, 0.717) is 24.1 Å². The molecule has 1 heterocycles. The van der Waals surface area contributed by atoms with Crippen LogP contribution in [0.5, 0.6) is 5.75 Å². The van der Waals surface area contributed by atoms with E-state index < -0.39 is 23.1 Å². The van der Waals surface area contributed by atoms with Gasteiger partial charge in [0.1, 0.15) is 17.4 Å². The summed E-state index contributed by atoms with van der Waals surface area (Å²) in [6.45, 7) is 6.20. The van der Waals surface area contributed by atoms with E-state index >= 15 is 8.78 Å². The maximum atomic E-state index is 15.8. The number of hydrogen-bond acceptors (Lipinski definition) is 4. The van der Waals surface area contributed by atoms with E-state index in [4.69, 9.17) is 22.1 Å². The molecule has 40 heavy (non-hydrogen) atoms. The Labute approximate surface area is 239 Å². The van der Waals surface area contributed by atoms with Gasteiger partial charge in [0.15, 0.2) is 5.60 Å². The molecule has 0 aromatic heterocycles. The number of carbonyl (C=O) groups excluding carboxylic acids is 1. The van der Waals surface area contributed by atoms with E-state index in [-0.39, 0.29) is 46.0 Å². The molecule has 1 fully saturated rings. The molecule has 1 atom stereocenters. The van der Waals surface area contributed by atoms with Gasteiger partial charge in [-0.2, -0.15) is 0 Å². The zero-order valence-electron chi connectivity index (χ0n) is 23.2. The molecule has 3 aromatic rings. The second kappa shape index (κ2) is 12.7. The molecule has 1 aliphatic carbocycles. The van der Waals surface area contributed by atoms with Gasteiger partial charge in [-0.1, -0.05) is 68.8 Å². The number of aliphatic hydroxyl groups excluding tert-OH is 1. The lowest BCUT2D eigenvalue weighted by Crippen LogP contribution is -2.46. The Hall–Kier alpha value is -3.00. The normalized spacial score (nSPS) is 21.7. The van der Waals surface area contributed by atoms with Crippen LogP contribution in [-0.2, 0) is 18.4 Å². The molecule has 1 saturated carbocycles. The summed E-state index contributed by atoms with van der Waals surface area (Å²) in [5.74, 6) is -1.99. The number of primary amides is 1. The standard InChI is InChI=1S/C30H31ClF2N2O3.C2H6/c1-2-17-8-13-21(29(34)37)26(28(17)33)25-22-15-30(18-6-4-3-5-7-18,38-24(22)14-23(32)27(25)31)16-35-19-9-11-20(36)12-10-19;1-2/h3-8,13-14,19-20,35-36H,2,9-12,15-16H2,1H3,(H2,34,37);1-2H3/t19?,20?,30-;/m1./s1. The molecule has 0 saturated heterocycles. The molecule has 1 amide bonds. The Balaban J connectivity index is 0.00000181. The SMILES string of the molecule is CC.CCc1ccc(C(N)=O)c(-c2c(Cl)c(F)cc3c2C[C@@](CNC2CCC(O)CC2)(c2ccccc2)O3)c1F. The predicted octanol–water partition coefficient (Wildman–Crippen LogP) is 6.70. The van der Waals surface area contributed by atoms with Crippen molar-refractivity contribution in [1.29, 1.82) is 0 Å². The average Bonchev–Trinajstić information content (AvgIpc) is 3.34. The van der Waals surface area contributed by atoms with Crippen LogP contribution in [0.2, 0.25) is 5.02 Å². The van der Waals surface area contributed by atoms with Crippen LogP contribution in [-0.4, -0.2) is 29.7 Å². The zero-order valence-corrected chi connectivity index (χ0v) is 24.0. The molecule has 214 valence electrons. The molecule has 0 unspecified atom stereocenters. The number of aryl methyl sites for hydroxylation is 1. The monoisotopic (exact) mass is 570 g/mol. The number of rotatable bonds is 7. The first-order valence-electron chi connectivity index (χ1n) is 14.0. The maximum Gasteiger partial charge on any atom is 0.249 e. The minimum atomic E-state index is -0.919. The maximum absolute atomic E-state index is 15.8. The molecular formula is C32H37ClF2N2O3. The van der Waals surface area contributed by atoms with Gasteiger partial charge in [-0.15, -0.1) is 0 Å². The lowest BCUT2D eigenvalue weighted by molar-refractivity contribution is 0.0760. The molecule has 5 rings (SSSR count). The summed E-state index contributed by atoms with van der Waals surface area (Å²) in [5.41, 5.74) is 6.41. The van der Waals surface area contributed by atoms with Crippen molar-refractivity contribution >= 4 is 17.5 Å².